The Bertz CT molecular complexity index is 1200. The van der Waals surface area contributed by atoms with E-state index in [1.165, 1.54) is 29.5 Å². The lowest BCUT2D eigenvalue weighted by Gasteiger charge is -2.36. The fraction of sp³-hybridized carbons (Fsp3) is 0.429. The molecule has 3 aromatic rings. The minimum absolute atomic E-state index is 0.124. The summed E-state index contributed by atoms with van der Waals surface area (Å²) in [5.41, 5.74) is 1.46. The summed E-state index contributed by atoms with van der Waals surface area (Å²) in [6.07, 6.45) is 0.896. The Morgan fingerprint density at radius 2 is 1.97 bits per heavy atom. The minimum Gasteiger partial charge on any atom is -0.497 e. The molecular weight excluding hydrogens is 501 g/mol. The van der Waals surface area contributed by atoms with Crippen molar-refractivity contribution in [2.75, 3.05) is 32.5 Å². The van der Waals surface area contributed by atoms with Crippen molar-refractivity contribution in [3.8, 4) is 5.75 Å². The molecule has 2 atom stereocenters. The topological polar surface area (TPSA) is 62.7 Å². The largest absolute Gasteiger partial charge is 0.497 e. The molecule has 0 radical (unpaired) electrons. The number of likely N-dealkylation sites (tertiary alicyclic amines) is 1. The lowest BCUT2D eigenvalue weighted by atomic mass is 9.81. The lowest BCUT2D eigenvalue weighted by Crippen LogP contribution is -2.44. The highest BCUT2D eigenvalue weighted by Crippen LogP contribution is 2.32. The zero-order valence-electron chi connectivity index (χ0n) is 20.7. The van der Waals surface area contributed by atoms with Gasteiger partial charge in [-0.25, -0.2) is 0 Å². The van der Waals surface area contributed by atoms with Gasteiger partial charge in [-0.2, -0.15) is 13.2 Å². The molecule has 0 spiro atoms. The quantitative estimate of drug-likeness (QED) is 0.305. The maximum absolute atomic E-state index is 12.7. The Morgan fingerprint density at radius 3 is 2.68 bits per heavy atom. The smallest absolute Gasteiger partial charge is 0.416 e. The van der Waals surface area contributed by atoms with Gasteiger partial charge in [0, 0.05) is 35.3 Å². The van der Waals surface area contributed by atoms with Crippen LogP contribution >= 0.6 is 11.8 Å². The summed E-state index contributed by atoms with van der Waals surface area (Å²) < 4.78 is 43.6. The van der Waals surface area contributed by atoms with Crippen molar-refractivity contribution in [2.45, 2.75) is 36.8 Å². The van der Waals surface area contributed by atoms with E-state index >= 15 is 0 Å². The summed E-state index contributed by atoms with van der Waals surface area (Å²) in [4.78, 5) is 19.4. The van der Waals surface area contributed by atoms with Gasteiger partial charge >= 0.3 is 12.1 Å². The van der Waals surface area contributed by atoms with Gasteiger partial charge in [-0.3, -0.25) is 9.78 Å². The fourth-order valence-corrected chi connectivity index (χ4v) is 5.92. The summed E-state index contributed by atoms with van der Waals surface area (Å²) in [6.45, 7) is 2.04. The molecule has 1 aliphatic rings. The highest BCUT2D eigenvalue weighted by molar-refractivity contribution is 7.99. The van der Waals surface area contributed by atoms with Crippen molar-refractivity contribution in [1.29, 1.82) is 0 Å². The van der Waals surface area contributed by atoms with Gasteiger partial charge in [0.15, 0.2) is 0 Å². The number of piperidine rings is 1. The van der Waals surface area contributed by atoms with E-state index in [0.717, 1.165) is 65.9 Å². The molecule has 2 heterocycles. The number of hydrogen-bond donors (Lipinski definition) is 1. The second-order valence-electron chi connectivity index (χ2n) is 9.41. The van der Waals surface area contributed by atoms with Crippen LogP contribution in [0.15, 0.2) is 59.6 Å². The Labute approximate surface area is 219 Å². The van der Waals surface area contributed by atoms with E-state index in [2.05, 4.69) is 9.88 Å². The van der Waals surface area contributed by atoms with Crippen LogP contribution in [0.2, 0.25) is 0 Å². The molecule has 2 aromatic carbocycles. The third kappa shape index (κ3) is 7.17. The van der Waals surface area contributed by atoms with E-state index in [1.807, 2.05) is 30.5 Å². The van der Waals surface area contributed by atoms with E-state index < -0.39 is 23.6 Å². The Hall–Kier alpha value is -2.78. The van der Waals surface area contributed by atoms with E-state index in [4.69, 9.17) is 4.74 Å². The second kappa shape index (κ2) is 12.2. The van der Waals surface area contributed by atoms with Gasteiger partial charge in [0.05, 0.1) is 24.1 Å². The van der Waals surface area contributed by atoms with Crippen molar-refractivity contribution in [2.24, 2.45) is 11.8 Å². The maximum Gasteiger partial charge on any atom is 0.416 e. The monoisotopic (exact) mass is 532 g/mol. The number of halogens is 3. The number of carbonyl (C=O) groups is 1. The number of aryl methyl sites for hydroxylation is 1. The van der Waals surface area contributed by atoms with Crippen LogP contribution < -0.4 is 4.74 Å². The summed E-state index contributed by atoms with van der Waals surface area (Å²) in [5.74, 6) is 0.430. The van der Waals surface area contributed by atoms with E-state index in [9.17, 15) is 23.1 Å². The fourth-order valence-electron chi connectivity index (χ4n) is 5.01. The van der Waals surface area contributed by atoms with Gasteiger partial charge in [0.2, 0.25) is 0 Å². The molecule has 4 rings (SSSR count). The first kappa shape index (κ1) is 27.3. The van der Waals surface area contributed by atoms with Gasteiger partial charge in [0.25, 0.3) is 0 Å². The van der Waals surface area contributed by atoms with Crippen LogP contribution in [0.5, 0.6) is 5.75 Å². The number of nitrogens with zero attached hydrogens (tertiary/aromatic N) is 2. The third-order valence-corrected chi connectivity index (χ3v) is 8.07. The van der Waals surface area contributed by atoms with Crippen LogP contribution in [-0.2, 0) is 17.4 Å². The molecule has 5 nitrogen and oxygen atoms in total. The number of benzene rings is 2. The van der Waals surface area contributed by atoms with E-state index in [0.29, 0.717) is 18.8 Å². The number of carboxylic acid groups (broad SMARTS) is 1. The average Bonchev–Trinajstić information content (AvgIpc) is 2.89. The summed E-state index contributed by atoms with van der Waals surface area (Å²) in [5, 5.41) is 11.0. The minimum atomic E-state index is -4.33. The molecule has 198 valence electrons. The number of ether oxygens (including phenoxy) is 1. The van der Waals surface area contributed by atoms with Crippen molar-refractivity contribution in [3.63, 3.8) is 0 Å². The first-order valence-corrected chi connectivity index (χ1v) is 13.4. The highest BCUT2D eigenvalue weighted by Gasteiger charge is 2.34. The lowest BCUT2D eigenvalue weighted by molar-refractivity contribution is -0.146. The summed E-state index contributed by atoms with van der Waals surface area (Å²) in [6, 6.07) is 13.0. The van der Waals surface area contributed by atoms with Crippen LogP contribution in [0, 0.1) is 11.8 Å². The molecule has 1 saturated heterocycles. The number of fused-ring (bicyclic) bond motifs is 1. The Kier molecular flexibility index (Phi) is 8.97. The molecule has 9 heteroatoms. The Balaban J connectivity index is 1.27. The van der Waals surface area contributed by atoms with Gasteiger partial charge in [0.1, 0.15) is 5.75 Å². The van der Waals surface area contributed by atoms with Crippen LogP contribution in [0.1, 0.15) is 30.4 Å². The highest BCUT2D eigenvalue weighted by atomic mass is 32.2. The normalized spacial score (nSPS) is 18.7. The van der Waals surface area contributed by atoms with Gasteiger partial charge < -0.3 is 14.7 Å². The predicted molar refractivity (Wildman–Crippen MR) is 139 cm³/mol. The number of alkyl halides is 3. The first-order valence-electron chi connectivity index (χ1n) is 12.4. The molecule has 0 saturated carbocycles. The van der Waals surface area contributed by atoms with Gasteiger partial charge in [-0.05, 0) is 92.2 Å². The molecule has 1 fully saturated rings. The number of carboxylic acids is 1. The summed E-state index contributed by atoms with van der Waals surface area (Å²) in [7, 11) is 1.64. The molecule has 37 heavy (non-hydrogen) atoms. The van der Waals surface area contributed by atoms with Gasteiger partial charge in [-0.1, -0.05) is 0 Å². The Morgan fingerprint density at radius 1 is 1.19 bits per heavy atom. The molecular formula is C28H31F3N2O3S. The van der Waals surface area contributed by atoms with Crippen LogP contribution in [-0.4, -0.2) is 53.5 Å². The van der Waals surface area contributed by atoms with Crippen LogP contribution in [0.4, 0.5) is 13.2 Å². The number of pyridine rings is 1. The third-order valence-electron chi connectivity index (χ3n) is 7.08. The van der Waals surface area contributed by atoms with Crippen LogP contribution in [0.25, 0.3) is 10.9 Å². The molecule has 1 aliphatic heterocycles. The number of hydrogen-bond acceptors (Lipinski definition) is 5. The van der Waals surface area contributed by atoms with E-state index in [1.54, 1.807) is 7.11 Å². The number of aromatic nitrogens is 1. The second-order valence-corrected chi connectivity index (χ2v) is 10.6. The number of thioether (sulfide) groups is 1. The average molecular weight is 533 g/mol. The zero-order chi connectivity index (χ0) is 26.4. The molecule has 0 unspecified atom stereocenters. The number of aliphatic carboxylic acids is 1. The summed E-state index contributed by atoms with van der Waals surface area (Å²) >= 11 is 1.49. The molecule has 0 bridgehead atoms. The standard InChI is InChI=1S/C28H31F3N2O3S/c1-36-22-7-10-26-24(17-22)19(11-13-32-26)3-2-4-20-12-14-33(18-25(20)27(34)35)15-16-37-23-8-5-21(6-9-23)28(29,30)31/h5-11,13,17,20,25H,2-4,12,14-16,18H2,1H3,(H,34,35)/t20-,25+/m1/s1. The number of rotatable bonds is 10. The number of methoxy groups -OCH3 is 1. The van der Waals surface area contributed by atoms with Gasteiger partial charge in [-0.15, -0.1) is 11.8 Å². The SMILES string of the molecule is COc1ccc2nccc(CCC[C@@H]3CCN(CCSc4ccc(C(F)(F)F)cc4)C[C@@H]3C(=O)O)c2c1. The van der Waals surface area contributed by atoms with Crippen molar-refractivity contribution in [1.82, 2.24) is 9.88 Å². The molecule has 1 N–H and O–H groups in total. The first-order chi connectivity index (χ1) is 17.7. The molecule has 0 aliphatic carbocycles. The predicted octanol–water partition coefficient (Wildman–Crippen LogP) is 6.40. The van der Waals surface area contributed by atoms with Crippen molar-refractivity contribution < 1.29 is 27.8 Å². The van der Waals surface area contributed by atoms with E-state index in [-0.39, 0.29) is 5.92 Å². The molecule has 1 aromatic heterocycles. The van der Waals surface area contributed by atoms with Crippen molar-refractivity contribution in [3.05, 3.63) is 65.9 Å². The van der Waals surface area contributed by atoms with Crippen LogP contribution in [0.3, 0.4) is 0 Å². The van der Waals surface area contributed by atoms with Crippen molar-refractivity contribution >= 4 is 28.6 Å². The maximum atomic E-state index is 12.7. The zero-order valence-corrected chi connectivity index (χ0v) is 21.5. The molecule has 0 amide bonds.